The molecule has 158 valence electrons. The normalized spacial score (nSPS) is 15.3. The number of hydrogen-bond acceptors (Lipinski definition) is 4. The fourth-order valence-electron chi connectivity index (χ4n) is 3.39. The lowest BCUT2D eigenvalue weighted by molar-refractivity contribution is -0.134. The van der Waals surface area contributed by atoms with E-state index in [0.29, 0.717) is 44.8 Å². The summed E-state index contributed by atoms with van der Waals surface area (Å²) in [5, 5.41) is 5.69. The molecule has 2 N–H and O–H groups in total. The molecule has 1 unspecified atom stereocenters. The van der Waals surface area contributed by atoms with E-state index >= 15 is 0 Å². The number of hydrogen-bond donors (Lipinski definition) is 2. The molecule has 7 nitrogen and oxygen atoms in total. The van der Waals surface area contributed by atoms with Crippen molar-refractivity contribution in [3.63, 3.8) is 0 Å². The van der Waals surface area contributed by atoms with Crippen molar-refractivity contribution >= 4 is 17.7 Å². The molecular weight excluding hydrogens is 380 g/mol. The first kappa shape index (κ1) is 21.5. The van der Waals surface area contributed by atoms with Gasteiger partial charge in [-0.05, 0) is 24.6 Å². The van der Waals surface area contributed by atoms with Crippen LogP contribution in [-0.2, 0) is 16.1 Å². The molecular formula is C23H28N4O3. The lowest BCUT2D eigenvalue weighted by Crippen LogP contribution is -2.55. The Morgan fingerprint density at radius 3 is 2.13 bits per heavy atom. The number of amides is 3. The topological polar surface area (TPSA) is 81.8 Å². The number of nitrogens with zero attached hydrogens (tertiary/aromatic N) is 2. The van der Waals surface area contributed by atoms with Gasteiger partial charge in [-0.1, -0.05) is 48.5 Å². The minimum atomic E-state index is -0.599. The van der Waals surface area contributed by atoms with E-state index in [-0.39, 0.29) is 17.7 Å². The van der Waals surface area contributed by atoms with Crippen molar-refractivity contribution in [2.24, 2.45) is 0 Å². The first-order chi connectivity index (χ1) is 14.5. The predicted molar refractivity (Wildman–Crippen MR) is 115 cm³/mol. The van der Waals surface area contributed by atoms with Crippen molar-refractivity contribution in [1.29, 1.82) is 0 Å². The Hall–Kier alpha value is -3.19. The van der Waals surface area contributed by atoms with Crippen LogP contribution in [0.4, 0.5) is 0 Å². The van der Waals surface area contributed by atoms with Crippen molar-refractivity contribution in [2.45, 2.75) is 19.5 Å². The molecule has 1 saturated heterocycles. The van der Waals surface area contributed by atoms with Gasteiger partial charge in [0, 0.05) is 38.3 Å². The maximum atomic E-state index is 12.7. The van der Waals surface area contributed by atoms with Gasteiger partial charge in [0.15, 0.2) is 0 Å². The minimum Gasteiger partial charge on any atom is -0.351 e. The van der Waals surface area contributed by atoms with Gasteiger partial charge < -0.3 is 15.5 Å². The minimum absolute atomic E-state index is 0.0258. The summed E-state index contributed by atoms with van der Waals surface area (Å²) in [6.07, 6.45) is 0. The van der Waals surface area contributed by atoms with E-state index in [2.05, 4.69) is 10.6 Å². The molecule has 2 aromatic rings. The molecule has 7 heteroatoms. The summed E-state index contributed by atoms with van der Waals surface area (Å²) >= 11 is 0. The molecule has 0 saturated carbocycles. The Kier molecular flexibility index (Phi) is 7.57. The summed E-state index contributed by atoms with van der Waals surface area (Å²) in [6, 6.07) is 18.0. The van der Waals surface area contributed by atoms with E-state index in [1.807, 2.05) is 41.3 Å². The van der Waals surface area contributed by atoms with Crippen molar-refractivity contribution in [3.05, 3.63) is 71.8 Å². The highest BCUT2D eigenvalue weighted by Crippen LogP contribution is 2.06. The molecule has 3 amide bonds. The third kappa shape index (κ3) is 6.15. The highest BCUT2D eigenvalue weighted by Gasteiger charge is 2.26. The molecule has 0 aliphatic carbocycles. The van der Waals surface area contributed by atoms with E-state index in [9.17, 15) is 14.4 Å². The lowest BCUT2D eigenvalue weighted by atomic mass is 10.2. The highest BCUT2D eigenvalue weighted by atomic mass is 16.2. The van der Waals surface area contributed by atoms with Gasteiger partial charge in [0.2, 0.25) is 11.8 Å². The summed E-state index contributed by atoms with van der Waals surface area (Å²) in [6.45, 7) is 4.86. The lowest BCUT2D eigenvalue weighted by Gasteiger charge is -2.35. The van der Waals surface area contributed by atoms with Gasteiger partial charge in [-0.15, -0.1) is 0 Å². The average Bonchev–Trinajstić information content (AvgIpc) is 2.79. The molecule has 1 aliphatic rings. The van der Waals surface area contributed by atoms with Gasteiger partial charge in [-0.2, -0.15) is 0 Å². The Bertz CT molecular complexity index is 849. The fraction of sp³-hybridized carbons (Fsp3) is 0.348. The van der Waals surface area contributed by atoms with E-state index in [0.717, 1.165) is 5.56 Å². The third-order valence-electron chi connectivity index (χ3n) is 5.14. The Morgan fingerprint density at radius 1 is 0.900 bits per heavy atom. The molecule has 30 heavy (non-hydrogen) atoms. The first-order valence-corrected chi connectivity index (χ1v) is 10.2. The van der Waals surface area contributed by atoms with Gasteiger partial charge in [0.1, 0.15) is 6.04 Å². The second-order valence-corrected chi connectivity index (χ2v) is 7.42. The van der Waals surface area contributed by atoms with E-state index in [1.165, 1.54) is 0 Å². The molecule has 0 radical (unpaired) electrons. The van der Waals surface area contributed by atoms with Gasteiger partial charge in [0.25, 0.3) is 5.91 Å². The number of carbonyl (C=O) groups excluding carboxylic acids is 3. The van der Waals surface area contributed by atoms with Crippen molar-refractivity contribution in [2.75, 3.05) is 32.7 Å². The maximum Gasteiger partial charge on any atom is 0.251 e. The molecule has 1 aliphatic heterocycles. The Morgan fingerprint density at radius 2 is 1.50 bits per heavy atom. The molecule has 1 fully saturated rings. The first-order valence-electron chi connectivity index (χ1n) is 10.2. The number of piperazine rings is 1. The Labute approximate surface area is 177 Å². The predicted octanol–water partition coefficient (Wildman–Crippen LogP) is 1.27. The second kappa shape index (κ2) is 10.5. The summed E-state index contributed by atoms with van der Waals surface area (Å²) < 4.78 is 0. The number of rotatable bonds is 7. The van der Waals surface area contributed by atoms with Crippen LogP contribution in [0.15, 0.2) is 60.7 Å². The standard InChI is InChI=1S/C23H28N4O3/c1-18(25-22(29)20-10-6-3-7-11-20)23(30)27-14-12-26(13-15-27)17-21(28)24-16-19-8-4-2-5-9-19/h2-11,18H,12-17H2,1H3,(H,24,28)(H,25,29). The number of carbonyl (C=O) groups is 3. The number of benzene rings is 2. The second-order valence-electron chi connectivity index (χ2n) is 7.42. The smallest absolute Gasteiger partial charge is 0.251 e. The van der Waals surface area contributed by atoms with Crippen molar-refractivity contribution in [3.8, 4) is 0 Å². The van der Waals surface area contributed by atoms with Crippen LogP contribution in [0, 0.1) is 0 Å². The highest BCUT2D eigenvalue weighted by molar-refractivity contribution is 5.97. The molecule has 0 bridgehead atoms. The molecule has 1 heterocycles. The number of nitrogens with one attached hydrogen (secondary N) is 2. The van der Waals surface area contributed by atoms with Crippen LogP contribution in [0.5, 0.6) is 0 Å². The Balaban J connectivity index is 1.39. The SMILES string of the molecule is CC(NC(=O)c1ccccc1)C(=O)N1CCN(CC(=O)NCc2ccccc2)CC1. The summed E-state index contributed by atoms with van der Waals surface area (Å²) in [5.74, 6) is -0.389. The summed E-state index contributed by atoms with van der Waals surface area (Å²) in [5.41, 5.74) is 1.59. The molecule has 3 rings (SSSR count). The monoisotopic (exact) mass is 408 g/mol. The summed E-state index contributed by atoms with van der Waals surface area (Å²) in [4.78, 5) is 40.9. The largest absolute Gasteiger partial charge is 0.351 e. The van der Waals surface area contributed by atoms with Crippen LogP contribution in [0.25, 0.3) is 0 Å². The van der Waals surface area contributed by atoms with Gasteiger partial charge in [-0.25, -0.2) is 0 Å². The zero-order valence-corrected chi connectivity index (χ0v) is 17.2. The van der Waals surface area contributed by atoms with Gasteiger partial charge in [-0.3, -0.25) is 19.3 Å². The third-order valence-corrected chi connectivity index (χ3v) is 5.14. The van der Waals surface area contributed by atoms with Crippen LogP contribution in [-0.4, -0.2) is 66.3 Å². The average molecular weight is 409 g/mol. The maximum absolute atomic E-state index is 12.7. The van der Waals surface area contributed by atoms with Crippen molar-refractivity contribution < 1.29 is 14.4 Å². The van der Waals surface area contributed by atoms with Crippen LogP contribution in [0.2, 0.25) is 0 Å². The van der Waals surface area contributed by atoms with Crippen LogP contribution >= 0.6 is 0 Å². The van der Waals surface area contributed by atoms with E-state index in [4.69, 9.17) is 0 Å². The van der Waals surface area contributed by atoms with Crippen LogP contribution in [0.3, 0.4) is 0 Å². The van der Waals surface area contributed by atoms with Crippen LogP contribution in [0.1, 0.15) is 22.8 Å². The fourth-order valence-corrected chi connectivity index (χ4v) is 3.39. The van der Waals surface area contributed by atoms with Gasteiger partial charge >= 0.3 is 0 Å². The van der Waals surface area contributed by atoms with Crippen molar-refractivity contribution in [1.82, 2.24) is 20.4 Å². The summed E-state index contributed by atoms with van der Waals surface area (Å²) in [7, 11) is 0. The quantitative estimate of drug-likeness (QED) is 0.723. The molecule has 0 spiro atoms. The molecule has 0 aromatic heterocycles. The van der Waals surface area contributed by atoms with Crippen LogP contribution < -0.4 is 10.6 Å². The molecule has 2 aromatic carbocycles. The van der Waals surface area contributed by atoms with E-state index < -0.39 is 6.04 Å². The zero-order valence-electron chi connectivity index (χ0n) is 17.2. The van der Waals surface area contributed by atoms with E-state index in [1.54, 1.807) is 36.1 Å². The zero-order chi connectivity index (χ0) is 21.3. The molecule has 1 atom stereocenters. The van der Waals surface area contributed by atoms with Gasteiger partial charge in [0.05, 0.1) is 6.54 Å².